The first kappa shape index (κ1) is 10.3. The Kier molecular flexibility index (Phi) is 2.90. The van der Waals surface area contributed by atoms with E-state index in [1.54, 1.807) is 18.5 Å². The largest absolute Gasteiger partial charge is 0.368 e. The van der Waals surface area contributed by atoms with E-state index >= 15 is 0 Å². The molecule has 6 nitrogen and oxygen atoms in total. The van der Waals surface area contributed by atoms with E-state index in [4.69, 9.17) is 5.73 Å². The van der Waals surface area contributed by atoms with Gasteiger partial charge < -0.3 is 11.1 Å². The van der Waals surface area contributed by atoms with Gasteiger partial charge >= 0.3 is 0 Å². The van der Waals surface area contributed by atoms with Gasteiger partial charge in [-0.3, -0.25) is 0 Å². The normalized spacial score (nSPS) is 10.1. The highest BCUT2D eigenvalue weighted by molar-refractivity contribution is 5.37. The zero-order valence-electron chi connectivity index (χ0n) is 8.88. The van der Waals surface area contributed by atoms with Crippen LogP contribution in [-0.2, 0) is 6.54 Å². The summed E-state index contributed by atoms with van der Waals surface area (Å²) >= 11 is 0. The molecule has 0 fully saturated rings. The van der Waals surface area contributed by atoms with E-state index in [1.807, 2.05) is 13.0 Å². The molecule has 0 bridgehead atoms. The summed E-state index contributed by atoms with van der Waals surface area (Å²) in [6, 6.07) is 3.61. The summed E-state index contributed by atoms with van der Waals surface area (Å²) in [6.45, 7) is 2.44. The van der Waals surface area contributed by atoms with Crippen molar-refractivity contribution in [1.29, 1.82) is 0 Å². The van der Waals surface area contributed by atoms with Crippen LogP contribution in [0.3, 0.4) is 0 Å². The first-order valence-corrected chi connectivity index (χ1v) is 4.85. The van der Waals surface area contributed by atoms with Gasteiger partial charge in [-0.05, 0) is 19.1 Å². The molecule has 0 amide bonds. The Labute approximate surface area is 93.0 Å². The monoisotopic (exact) mass is 216 g/mol. The third-order valence-electron chi connectivity index (χ3n) is 1.96. The molecule has 0 saturated carbocycles. The fourth-order valence-corrected chi connectivity index (χ4v) is 1.26. The van der Waals surface area contributed by atoms with E-state index in [9.17, 15) is 0 Å². The number of nitrogens with one attached hydrogen (secondary N) is 1. The Balaban J connectivity index is 2.02. The van der Waals surface area contributed by atoms with E-state index in [2.05, 4.69) is 25.3 Å². The highest BCUT2D eigenvalue weighted by Crippen LogP contribution is 2.04. The molecule has 2 aromatic rings. The zero-order valence-corrected chi connectivity index (χ0v) is 8.88. The molecular formula is C10H12N6. The number of aryl methyl sites for hydroxylation is 1. The molecule has 0 radical (unpaired) electrons. The molecule has 16 heavy (non-hydrogen) atoms. The molecule has 2 aromatic heterocycles. The molecule has 3 N–H and O–H groups in total. The fourth-order valence-electron chi connectivity index (χ4n) is 1.26. The molecular weight excluding hydrogens is 204 g/mol. The second-order valence-corrected chi connectivity index (χ2v) is 3.25. The Hall–Kier alpha value is -2.24. The lowest BCUT2D eigenvalue weighted by molar-refractivity contribution is 0.948. The van der Waals surface area contributed by atoms with Gasteiger partial charge in [0.2, 0.25) is 5.95 Å². The predicted molar refractivity (Wildman–Crippen MR) is 60.5 cm³/mol. The quantitative estimate of drug-likeness (QED) is 0.787. The van der Waals surface area contributed by atoms with Gasteiger partial charge in [-0.25, -0.2) is 15.0 Å². The molecule has 0 unspecified atom stereocenters. The maximum absolute atomic E-state index is 5.46. The molecule has 0 saturated heterocycles. The highest BCUT2D eigenvalue weighted by Gasteiger charge is 1.98. The molecule has 0 aliphatic rings. The first-order chi connectivity index (χ1) is 7.74. The van der Waals surface area contributed by atoms with Crippen molar-refractivity contribution in [2.75, 3.05) is 11.1 Å². The average molecular weight is 216 g/mol. The van der Waals surface area contributed by atoms with Crippen molar-refractivity contribution in [3.63, 3.8) is 0 Å². The molecule has 0 atom stereocenters. The molecule has 0 spiro atoms. The van der Waals surface area contributed by atoms with Gasteiger partial charge in [-0.15, -0.1) is 0 Å². The minimum atomic E-state index is 0.254. The highest BCUT2D eigenvalue weighted by atomic mass is 15.1. The molecule has 6 heteroatoms. The minimum Gasteiger partial charge on any atom is -0.368 e. The van der Waals surface area contributed by atoms with Gasteiger partial charge in [0, 0.05) is 12.4 Å². The van der Waals surface area contributed by atoms with E-state index < -0.39 is 0 Å². The standard InChI is InChI=1S/C10H12N6/c1-7-12-4-2-8(15-7)6-14-9-3-5-13-10(11)16-9/h2-5H,6H2,1H3,(H3,11,13,14,16). The third-order valence-corrected chi connectivity index (χ3v) is 1.96. The number of aromatic nitrogens is 4. The van der Waals surface area contributed by atoms with Gasteiger partial charge in [0.25, 0.3) is 0 Å². The average Bonchev–Trinajstić information content (AvgIpc) is 2.27. The van der Waals surface area contributed by atoms with Crippen LogP contribution in [0, 0.1) is 6.92 Å². The summed E-state index contributed by atoms with van der Waals surface area (Å²) in [6.07, 6.45) is 3.34. The smallest absolute Gasteiger partial charge is 0.221 e. The lowest BCUT2D eigenvalue weighted by atomic mass is 10.4. The van der Waals surface area contributed by atoms with E-state index in [-0.39, 0.29) is 5.95 Å². The molecule has 2 rings (SSSR count). The zero-order chi connectivity index (χ0) is 11.4. The summed E-state index contributed by atoms with van der Waals surface area (Å²) in [7, 11) is 0. The van der Waals surface area contributed by atoms with Crippen LogP contribution in [0.15, 0.2) is 24.5 Å². The molecule has 82 valence electrons. The lowest BCUT2D eigenvalue weighted by Crippen LogP contribution is -2.06. The number of rotatable bonds is 3. The first-order valence-electron chi connectivity index (χ1n) is 4.85. The van der Waals surface area contributed by atoms with E-state index in [0.29, 0.717) is 12.4 Å². The van der Waals surface area contributed by atoms with Gasteiger partial charge in [-0.1, -0.05) is 0 Å². The van der Waals surface area contributed by atoms with E-state index in [1.165, 1.54) is 0 Å². The van der Waals surface area contributed by atoms with Crippen molar-refractivity contribution in [2.24, 2.45) is 0 Å². The minimum absolute atomic E-state index is 0.254. The summed E-state index contributed by atoms with van der Waals surface area (Å²) in [5.74, 6) is 1.69. The topological polar surface area (TPSA) is 89.6 Å². The van der Waals surface area contributed by atoms with Crippen molar-refractivity contribution in [2.45, 2.75) is 13.5 Å². The predicted octanol–water partition coefficient (Wildman–Crippen LogP) is 0.769. The van der Waals surface area contributed by atoms with Gasteiger partial charge in [0.1, 0.15) is 11.6 Å². The number of nitrogens with zero attached hydrogens (tertiary/aromatic N) is 4. The number of hydrogen-bond donors (Lipinski definition) is 2. The van der Waals surface area contributed by atoms with Crippen LogP contribution in [0.5, 0.6) is 0 Å². The second-order valence-electron chi connectivity index (χ2n) is 3.25. The van der Waals surface area contributed by atoms with E-state index in [0.717, 1.165) is 11.5 Å². The van der Waals surface area contributed by atoms with Gasteiger partial charge in [0.15, 0.2) is 0 Å². The molecule has 2 heterocycles. The van der Waals surface area contributed by atoms with Crippen molar-refractivity contribution in [3.05, 3.63) is 36.0 Å². The fraction of sp³-hybridized carbons (Fsp3) is 0.200. The van der Waals surface area contributed by atoms with Crippen LogP contribution in [0.1, 0.15) is 11.5 Å². The summed E-state index contributed by atoms with van der Waals surface area (Å²) in [4.78, 5) is 16.1. The SMILES string of the molecule is Cc1nccc(CNc2ccnc(N)n2)n1. The maximum Gasteiger partial charge on any atom is 0.221 e. The van der Waals surface area contributed by atoms with Crippen LogP contribution < -0.4 is 11.1 Å². The molecule has 0 aliphatic heterocycles. The Morgan fingerprint density at radius 2 is 2.00 bits per heavy atom. The molecule has 0 aliphatic carbocycles. The maximum atomic E-state index is 5.46. The Morgan fingerprint density at radius 1 is 1.19 bits per heavy atom. The number of hydrogen-bond acceptors (Lipinski definition) is 6. The Morgan fingerprint density at radius 3 is 2.75 bits per heavy atom. The number of nitrogen functional groups attached to an aromatic ring is 1. The number of anilines is 2. The van der Waals surface area contributed by atoms with Crippen molar-refractivity contribution < 1.29 is 0 Å². The van der Waals surface area contributed by atoms with Crippen LogP contribution in [0.2, 0.25) is 0 Å². The molecule has 0 aromatic carbocycles. The lowest BCUT2D eigenvalue weighted by Gasteiger charge is -2.05. The summed E-state index contributed by atoms with van der Waals surface area (Å²) in [5, 5.41) is 3.11. The third kappa shape index (κ3) is 2.63. The Bertz CT molecular complexity index is 439. The number of nitrogens with two attached hydrogens (primary N) is 1. The van der Waals surface area contributed by atoms with Crippen LogP contribution in [-0.4, -0.2) is 19.9 Å². The van der Waals surface area contributed by atoms with Crippen molar-refractivity contribution in [1.82, 2.24) is 19.9 Å². The van der Waals surface area contributed by atoms with Crippen molar-refractivity contribution in [3.8, 4) is 0 Å². The summed E-state index contributed by atoms with van der Waals surface area (Å²) in [5.41, 5.74) is 6.37. The van der Waals surface area contributed by atoms with Gasteiger partial charge in [0.05, 0.1) is 12.2 Å². The van der Waals surface area contributed by atoms with Gasteiger partial charge in [-0.2, -0.15) is 4.98 Å². The van der Waals surface area contributed by atoms with Crippen LogP contribution in [0.4, 0.5) is 11.8 Å². The van der Waals surface area contributed by atoms with Crippen LogP contribution in [0.25, 0.3) is 0 Å². The second kappa shape index (κ2) is 4.52. The van der Waals surface area contributed by atoms with Crippen molar-refractivity contribution >= 4 is 11.8 Å². The summed E-state index contributed by atoms with van der Waals surface area (Å²) < 4.78 is 0. The van der Waals surface area contributed by atoms with Crippen LogP contribution >= 0.6 is 0 Å².